The van der Waals surface area contributed by atoms with E-state index in [1.54, 1.807) is 7.05 Å². The van der Waals surface area contributed by atoms with Gasteiger partial charge in [-0.25, -0.2) is 13.1 Å². The molecule has 0 amide bonds. The van der Waals surface area contributed by atoms with Gasteiger partial charge in [-0.1, -0.05) is 42.5 Å². The van der Waals surface area contributed by atoms with Crippen molar-refractivity contribution >= 4 is 50.7 Å². The van der Waals surface area contributed by atoms with Crippen molar-refractivity contribution < 1.29 is 8.42 Å². The van der Waals surface area contributed by atoms with Crippen molar-refractivity contribution in [3.05, 3.63) is 48.0 Å². The lowest BCUT2D eigenvalue weighted by molar-refractivity contribution is 0.172. The molecule has 1 saturated heterocycles. The van der Waals surface area contributed by atoms with E-state index in [4.69, 9.17) is 0 Å². The van der Waals surface area contributed by atoms with E-state index in [-0.39, 0.29) is 24.0 Å². The molecular weight excluding hydrogens is 525 g/mol. The van der Waals surface area contributed by atoms with Crippen LogP contribution in [0.4, 0.5) is 0 Å². The molecule has 172 valence electrons. The fraction of sp³-hybridized carbons (Fsp3) is 0.500. The number of piperazine rings is 1. The molecule has 1 aliphatic heterocycles. The largest absolute Gasteiger partial charge is 0.354 e. The van der Waals surface area contributed by atoms with Crippen LogP contribution in [0.1, 0.15) is 19.4 Å². The van der Waals surface area contributed by atoms with Gasteiger partial charge >= 0.3 is 0 Å². The molecule has 31 heavy (non-hydrogen) atoms. The lowest BCUT2D eigenvalue weighted by Crippen LogP contribution is -2.56. The standard InChI is InChI=1S/C22H33N5O2S.HI/c1-22(2,25-30(4,28)29)17-24-21(23-3)27-14-12-26(13-15-27)16-19-10-7-9-18-8-5-6-11-20(18)19;/h5-11,25H,12-17H2,1-4H3,(H,23,24);1H. The fourth-order valence-electron chi connectivity index (χ4n) is 3.96. The normalized spacial score (nSPS) is 16.3. The molecule has 0 spiro atoms. The molecule has 1 fully saturated rings. The molecular formula is C22H34IN5O2S. The Morgan fingerprint density at radius 3 is 2.35 bits per heavy atom. The number of halogens is 1. The van der Waals surface area contributed by atoms with Crippen molar-refractivity contribution in [2.75, 3.05) is 46.0 Å². The van der Waals surface area contributed by atoms with E-state index in [9.17, 15) is 8.42 Å². The van der Waals surface area contributed by atoms with Crippen molar-refractivity contribution in [3.63, 3.8) is 0 Å². The van der Waals surface area contributed by atoms with Gasteiger partial charge in [0.2, 0.25) is 10.0 Å². The second-order valence-electron chi connectivity index (χ2n) is 8.56. The van der Waals surface area contributed by atoms with Crippen LogP contribution in [-0.4, -0.2) is 75.7 Å². The van der Waals surface area contributed by atoms with Gasteiger partial charge < -0.3 is 10.2 Å². The first-order valence-corrected chi connectivity index (χ1v) is 12.2. The van der Waals surface area contributed by atoms with E-state index in [2.05, 4.69) is 67.3 Å². The molecule has 9 heteroatoms. The minimum atomic E-state index is -3.26. The summed E-state index contributed by atoms with van der Waals surface area (Å²) in [4.78, 5) is 9.10. The number of sulfonamides is 1. The van der Waals surface area contributed by atoms with Crippen LogP contribution in [0.25, 0.3) is 10.8 Å². The Bertz CT molecular complexity index is 997. The molecule has 0 aromatic heterocycles. The summed E-state index contributed by atoms with van der Waals surface area (Å²) in [7, 11) is -1.50. The van der Waals surface area contributed by atoms with Gasteiger partial charge in [0.25, 0.3) is 0 Å². The molecule has 0 aliphatic carbocycles. The van der Waals surface area contributed by atoms with Gasteiger partial charge in [0.15, 0.2) is 5.96 Å². The second kappa shape index (κ2) is 10.9. The van der Waals surface area contributed by atoms with Crippen LogP contribution >= 0.6 is 24.0 Å². The summed E-state index contributed by atoms with van der Waals surface area (Å²) in [5.74, 6) is 0.809. The van der Waals surface area contributed by atoms with Gasteiger partial charge in [0.05, 0.1) is 6.26 Å². The highest BCUT2D eigenvalue weighted by Gasteiger charge is 2.25. The molecule has 1 aliphatic rings. The molecule has 7 nitrogen and oxygen atoms in total. The van der Waals surface area contributed by atoms with Gasteiger partial charge in [-0.2, -0.15) is 0 Å². The van der Waals surface area contributed by atoms with Gasteiger partial charge in [-0.15, -0.1) is 24.0 Å². The molecule has 3 rings (SSSR count). The third kappa shape index (κ3) is 7.58. The molecule has 0 radical (unpaired) electrons. The Morgan fingerprint density at radius 2 is 1.71 bits per heavy atom. The molecule has 0 bridgehead atoms. The zero-order valence-corrected chi connectivity index (χ0v) is 21.9. The predicted octanol–water partition coefficient (Wildman–Crippen LogP) is 2.48. The first kappa shape index (κ1) is 25.8. The highest BCUT2D eigenvalue weighted by molar-refractivity contribution is 14.0. The van der Waals surface area contributed by atoms with Crippen LogP contribution < -0.4 is 10.0 Å². The van der Waals surface area contributed by atoms with Crippen LogP contribution in [-0.2, 0) is 16.6 Å². The summed E-state index contributed by atoms with van der Waals surface area (Å²) in [6, 6.07) is 15.0. The van der Waals surface area contributed by atoms with E-state index >= 15 is 0 Å². The van der Waals surface area contributed by atoms with Crippen LogP contribution in [0.3, 0.4) is 0 Å². The molecule has 2 aromatic rings. The van der Waals surface area contributed by atoms with Crippen molar-refractivity contribution in [2.24, 2.45) is 4.99 Å². The van der Waals surface area contributed by atoms with Crippen LogP contribution in [0.15, 0.2) is 47.5 Å². The molecule has 0 atom stereocenters. The number of nitrogens with zero attached hydrogens (tertiary/aromatic N) is 3. The minimum absolute atomic E-state index is 0. The molecule has 1 heterocycles. The van der Waals surface area contributed by atoms with E-state index in [1.165, 1.54) is 22.6 Å². The first-order chi connectivity index (χ1) is 14.2. The predicted molar refractivity (Wildman–Crippen MR) is 140 cm³/mol. The maximum Gasteiger partial charge on any atom is 0.209 e. The van der Waals surface area contributed by atoms with Gasteiger partial charge in [0.1, 0.15) is 0 Å². The van der Waals surface area contributed by atoms with Crippen molar-refractivity contribution in [1.29, 1.82) is 0 Å². The molecule has 0 saturated carbocycles. The number of rotatable bonds is 6. The van der Waals surface area contributed by atoms with E-state index < -0.39 is 15.6 Å². The number of guanidine groups is 1. The first-order valence-electron chi connectivity index (χ1n) is 10.3. The summed E-state index contributed by atoms with van der Waals surface area (Å²) in [6.45, 7) is 8.78. The zero-order valence-electron chi connectivity index (χ0n) is 18.8. The molecule has 0 unspecified atom stereocenters. The van der Waals surface area contributed by atoms with Crippen LogP contribution in [0.2, 0.25) is 0 Å². The number of hydrogen-bond acceptors (Lipinski definition) is 4. The summed E-state index contributed by atoms with van der Waals surface area (Å²) >= 11 is 0. The SMILES string of the molecule is CN=C(NCC(C)(C)NS(C)(=O)=O)N1CCN(Cc2cccc3ccccc23)CC1.I. The molecule has 2 N–H and O–H groups in total. The minimum Gasteiger partial charge on any atom is -0.354 e. The number of benzene rings is 2. The smallest absolute Gasteiger partial charge is 0.209 e. The number of nitrogens with one attached hydrogen (secondary N) is 2. The van der Waals surface area contributed by atoms with Crippen LogP contribution in [0, 0.1) is 0 Å². The Hall–Kier alpha value is -1.43. The number of hydrogen-bond donors (Lipinski definition) is 2. The lowest BCUT2D eigenvalue weighted by atomic mass is 10.0. The Kier molecular flexibility index (Phi) is 9.11. The number of aliphatic imine (C=N–C) groups is 1. The van der Waals surface area contributed by atoms with Gasteiger partial charge in [-0.3, -0.25) is 9.89 Å². The highest BCUT2D eigenvalue weighted by atomic mass is 127. The fourth-order valence-corrected chi connectivity index (χ4v) is 5.04. The lowest BCUT2D eigenvalue weighted by Gasteiger charge is -2.37. The van der Waals surface area contributed by atoms with Gasteiger partial charge in [0, 0.05) is 51.9 Å². The Morgan fingerprint density at radius 1 is 1.06 bits per heavy atom. The molecule has 2 aromatic carbocycles. The van der Waals surface area contributed by atoms with E-state index in [0.29, 0.717) is 6.54 Å². The van der Waals surface area contributed by atoms with Crippen molar-refractivity contribution in [3.8, 4) is 0 Å². The summed E-state index contributed by atoms with van der Waals surface area (Å²) in [5.41, 5.74) is 0.761. The average molecular weight is 560 g/mol. The maximum absolute atomic E-state index is 11.5. The van der Waals surface area contributed by atoms with Crippen molar-refractivity contribution in [1.82, 2.24) is 19.8 Å². The Balaban J connectivity index is 0.00000341. The maximum atomic E-state index is 11.5. The van der Waals surface area contributed by atoms with Gasteiger partial charge in [-0.05, 0) is 30.2 Å². The highest BCUT2D eigenvalue weighted by Crippen LogP contribution is 2.20. The zero-order chi connectivity index (χ0) is 21.8. The summed E-state index contributed by atoms with van der Waals surface area (Å²) in [5, 5.41) is 5.92. The van der Waals surface area contributed by atoms with Crippen molar-refractivity contribution in [2.45, 2.75) is 25.9 Å². The number of fused-ring (bicyclic) bond motifs is 1. The third-order valence-electron chi connectivity index (χ3n) is 5.31. The average Bonchev–Trinajstić information content (AvgIpc) is 2.68. The second-order valence-corrected chi connectivity index (χ2v) is 10.3. The summed E-state index contributed by atoms with van der Waals surface area (Å²) < 4.78 is 25.7. The Labute approximate surface area is 203 Å². The quantitative estimate of drug-likeness (QED) is 0.323. The van der Waals surface area contributed by atoms with Crippen LogP contribution in [0.5, 0.6) is 0 Å². The van der Waals surface area contributed by atoms with E-state index in [0.717, 1.165) is 38.7 Å². The monoisotopic (exact) mass is 559 g/mol. The third-order valence-corrected chi connectivity index (χ3v) is 6.23. The summed E-state index contributed by atoms with van der Waals surface area (Å²) in [6.07, 6.45) is 1.18. The topological polar surface area (TPSA) is 77.0 Å². The van der Waals surface area contributed by atoms with E-state index in [1.807, 2.05) is 13.8 Å².